The van der Waals surface area contributed by atoms with Crippen LogP contribution >= 0.6 is 0 Å². The fraction of sp³-hybridized carbons (Fsp3) is 0.273. The lowest BCUT2D eigenvalue weighted by atomic mass is 10.1. The van der Waals surface area contributed by atoms with Crippen LogP contribution in [0.5, 0.6) is 0 Å². The summed E-state index contributed by atoms with van der Waals surface area (Å²) in [5.41, 5.74) is 6.02. The molecule has 84 valence electrons. The van der Waals surface area contributed by atoms with Crippen molar-refractivity contribution in [3.63, 3.8) is 0 Å². The van der Waals surface area contributed by atoms with Gasteiger partial charge in [0.15, 0.2) is 0 Å². The van der Waals surface area contributed by atoms with Gasteiger partial charge in [0.05, 0.1) is 23.8 Å². The SMILES string of the molecule is NC[C@H](O)CN1C(=O)c2ccccc2C1=O. The Bertz CT molecular complexity index is 410. The lowest BCUT2D eigenvalue weighted by molar-refractivity contribution is 0.0554. The van der Waals surface area contributed by atoms with Crippen molar-refractivity contribution < 1.29 is 14.7 Å². The second kappa shape index (κ2) is 4.03. The highest BCUT2D eigenvalue weighted by Gasteiger charge is 2.35. The Labute approximate surface area is 92.5 Å². The van der Waals surface area contributed by atoms with Crippen LogP contribution in [0.3, 0.4) is 0 Å². The van der Waals surface area contributed by atoms with E-state index in [0.29, 0.717) is 11.1 Å². The number of hydrogen-bond acceptors (Lipinski definition) is 4. The maximum atomic E-state index is 11.8. The molecule has 5 heteroatoms. The van der Waals surface area contributed by atoms with Gasteiger partial charge in [-0.1, -0.05) is 12.1 Å². The first-order valence-corrected chi connectivity index (χ1v) is 4.98. The van der Waals surface area contributed by atoms with Crippen molar-refractivity contribution in [1.29, 1.82) is 0 Å². The molecule has 0 aromatic heterocycles. The summed E-state index contributed by atoms with van der Waals surface area (Å²) in [6, 6.07) is 6.61. The number of nitrogens with zero attached hydrogens (tertiary/aromatic N) is 1. The van der Waals surface area contributed by atoms with Crippen LogP contribution in [-0.4, -0.2) is 41.0 Å². The number of aliphatic hydroxyl groups is 1. The summed E-state index contributed by atoms with van der Waals surface area (Å²) in [6.45, 7) is -0.0315. The molecule has 0 spiro atoms. The molecule has 1 atom stereocenters. The molecule has 0 aliphatic carbocycles. The first-order chi connectivity index (χ1) is 7.65. The Balaban J connectivity index is 2.28. The molecule has 1 aromatic rings. The topological polar surface area (TPSA) is 83.6 Å². The third-order valence-electron chi connectivity index (χ3n) is 2.54. The molecule has 0 radical (unpaired) electrons. The quantitative estimate of drug-likeness (QED) is 0.679. The zero-order valence-electron chi connectivity index (χ0n) is 8.59. The lowest BCUT2D eigenvalue weighted by Gasteiger charge is -2.16. The molecule has 0 saturated carbocycles. The van der Waals surface area contributed by atoms with E-state index in [0.717, 1.165) is 4.90 Å². The molecule has 1 aliphatic rings. The molecule has 2 amide bonds. The molecule has 0 fully saturated rings. The van der Waals surface area contributed by atoms with E-state index in [1.54, 1.807) is 24.3 Å². The van der Waals surface area contributed by atoms with E-state index in [2.05, 4.69) is 0 Å². The normalized spacial score (nSPS) is 16.5. The maximum absolute atomic E-state index is 11.8. The van der Waals surface area contributed by atoms with Crippen molar-refractivity contribution in [3.05, 3.63) is 35.4 Å². The number of benzene rings is 1. The number of carbonyl (C=O) groups is 2. The molecule has 1 aromatic carbocycles. The first-order valence-electron chi connectivity index (χ1n) is 4.98. The third kappa shape index (κ3) is 1.60. The van der Waals surface area contributed by atoms with Gasteiger partial charge in [-0.05, 0) is 12.1 Å². The van der Waals surface area contributed by atoms with E-state index in [1.807, 2.05) is 0 Å². The number of fused-ring (bicyclic) bond motifs is 1. The molecular weight excluding hydrogens is 208 g/mol. The van der Waals surface area contributed by atoms with Gasteiger partial charge in [-0.2, -0.15) is 0 Å². The van der Waals surface area contributed by atoms with Crippen molar-refractivity contribution in [2.45, 2.75) is 6.10 Å². The number of aliphatic hydroxyl groups excluding tert-OH is 1. The van der Waals surface area contributed by atoms with E-state index in [4.69, 9.17) is 5.73 Å². The minimum absolute atomic E-state index is 0.0212. The van der Waals surface area contributed by atoms with Gasteiger partial charge in [-0.25, -0.2) is 0 Å². The first kappa shape index (κ1) is 10.8. The van der Waals surface area contributed by atoms with Crippen LogP contribution in [0, 0.1) is 0 Å². The Morgan fingerprint density at radius 1 is 1.19 bits per heavy atom. The van der Waals surface area contributed by atoms with Gasteiger partial charge in [0, 0.05) is 6.54 Å². The van der Waals surface area contributed by atoms with Gasteiger partial charge in [0.25, 0.3) is 11.8 Å². The Morgan fingerprint density at radius 3 is 2.12 bits per heavy atom. The summed E-state index contributed by atoms with van der Waals surface area (Å²) in [4.78, 5) is 24.7. The fourth-order valence-corrected chi connectivity index (χ4v) is 1.69. The van der Waals surface area contributed by atoms with Gasteiger partial charge >= 0.3 is 0 Å². The van der Waals surface area contributed by atoms with Crippen molar-refractivity contribution in [3.8, 4) is 0 Å². The van der Waals surface area contributed by atoms with Crippen LogP contribution in [0.25, 0.3) is 0 Å². The standard InChI is InChI=1S/C11H12N2O3/c12-5-7(14)6-13-10(15)8-3-1-2-4-9(8)11(13)16/h1-4,7,14H,5-6,12H2/t7-/m0/s1. The van der Waals surface area contributed by atoms with E-state index < -0.39 is 6.10 Å². The largest absolute Gasteiger partial charge is 0.390 e. The number of imide groups is 1. The van der Waals surface area contributed by atoms with E-state index in [1.165, 1.54) is 0 Å². The number of rotatable bonds is 3. The molecular formula is C11H12N2O3. The van der Waals surface area contributed by atoms with Gasteiger partial charge < -0.3 is 10.8 Å². The summed E-state index contributed by atoms with van der Waals surface area (Å²) in [6.07, 6.45) is -0.873. The average Bonchev–Trinajstić information content (AvgIpc) is 2.55. The number of nitrogens with two attached hydrogens (primary N) is 1. The summed E-state index contributed by atoms with van der Waals surface area (Å²) in [7, 11) is 0. The van der Waals surface area contributed by atoms with Crippen LogP contribution in [0.15, 0.2) is 24.3 Å². The Hall–Kier alpha value is -1.72. The zero-order chi connectivity index (χ0) is 11.7. The molecule has 16 heavy (non-hydrogen) atoms. The van der Waals surface area contributed by atoms with E-state index in [9.17, 15) is 14.7 Å². The van der Waals surface area contributed by atoms with E-state index in [-0.39, 0.29) is 24.9 Å². The zero-order valence-corrected chi connectivity index (χ0v) is 8.59. The molecule has 2 rings (SSSR count). The monoisotopic (exact) mass is 220 g/mol. The number of amides is 2. The molecule has 1 heterocycles. The number of hydrogen-bond donors (Lipinski definition) is 2. The minimum atomic E-state index is -0.873. The van der Waals surface area contributed by atoms with Gasteiger partial charge in [-0.3, -0.25) is 14.5 Å². The third-order valence-corrected chi connectivity index (χ3v) is 2.54. The highest BCUT2D eigenvalue weighted by atomic mass is 16.3. The molecule has 3 N–H and O–H groups in total. The van der Waals surface area contributed by atoms with Crippen LogP contribution in [0.1, 0.15) is 20.7 Å². The fourth-order valence-electron chi connectivity index (χ4n) is 1.69. The van der Waals surface area contributed by atoms with Gasteiger partial charge in [0.1, 0.15) is 0 Å². The Kier molecular flexibility index (Phi) is 2.72. The number of carbonyl (C=O) groups excluding carboxylic acids is 2. The lowest BCUT2D eigenvalue weighted by Crippen LogP contribution is -2.39. The van der Waals surface area contributed by atoms with Gasteiger partial charge in [0.2, 0.25) is 0 Å². The minimum Gasteiger partial charge on any atom is -0.390 e. The number of β-amino-alcohol motifs (C(OH)–C–C–N with tert-alkyl or cyclic N) is 1. The summed E-state index contributed by atoms with van der Waals surface area (Å²) < 4.78 is 0. The predicted octanol–water partition coefficient (Wildman–Crippen LogP) is -0.398. The maximum Gasteiger partial charge on any atom is 0.261 e. The Morgan fingerprint density at radius 2 is 1.69 bits per heavy atom. The van der Waals surface area contributed by atoms with Crippen molar-refractivity contribution in [2.75, 3.05) is 13.1 Å². The highest BCUT2D eigenvalue weighted by Crippen LogP contribution is 2.22. The molecule has 0 unspecified atom stereocenters. The average molecular weight is 220 g/mol. The molecule has 0 saturated heterocycles. The summed E-state index contributed by atoms with van der Waals surface area (Å²) in [5, 5.41) is 9.36. The predicted molar refractivity (Wildman–Crippen MR) is 56.9 cm³/mol. The van der Waals surface area contributed by atoms with Crippen molar-refractivity contribution in [2.24, 2.45) is 5.73 Å². The highest BCUT2D eigenvalue weighted by molar-refractivity contribution is 6.21. The summed E-state index contributed by atoms with van der Waals surface area (Å²) >= 11 is 0. The molecule has 5 nitrogen and oxygen atoms in total. The van der Waals surface area contributed by atoms with Crippen LogP contribution in [0.4, 0.5) is 0 Å². The van der Waals surface area contributed by atoms with Crippen molar-refractivity contribution in [1.82, 2.24) is 4.90 Å². The smallest absolute Gasteiger partial charge is 0.261 e. The van der Waals surface area contributed by atoms with Crippen LogP contribution in [0.2, 0.25) is 0 Å². The molecule has 0 bridgehead atoms. The van der Waals surface area contributed by atoms with Crippen LogP contribution in [-0.2, 0) is 0 Å². The van der Waals surface area contributed by atoms with E-state index >= 15 is 0 Å². The van der Waals surface area contributed by atoms with Crippen LogP contribution < -0.4 is 5.73 Å². The second-order valence-electron chi connectivity index (χ2n) is 3.66. The van der Waals surface area contributed by atoms with Gasteiger partial charge in [-0.15, -0.1) is 0 Å². The summed E-state index contributed by atoms with van der Waals surface area (Å²) in [5.74, 6) is -0.735. The second-order valence-corrected chi connectivity index (χ2v) is 3.66. The molecule has 1 aliphatic heterocycles. The van der Waals surface area contributed by atoms with Crippen molar-refractivity contribution >= 4 is 11.8 Å².